The maximum absolute atomic E-state index is 9.80. The summed E-state index contributed by atoms with van der Waals surface area (Å²) >= 11 is 0. The molecule has 0 radical (unpaired) electrons. The highest BCUT2D eigenvalue weighted by atomic mass is 16.3. The smallest absolute Gasteiger partial charge is 0.0802 e. The Balaban J connectivity index is 2.38. The molecule has 1 aromatic carbocycles. The van der Waals surface area contributed by atoms with Gasteiger partial charge >= 0.3 is 0 Å². The number of aryl methyl sites for hydroxylation is 1. The predicted molar refractivity (Wildman–Crippen MR) is 61.6 cm³/mol. The molecule has 3 heteroatoms. The summed E-state index contributed by atoms with van der Waals surface area (Å²) in [5.41, 5.74) is 7.54. The van der Waals surface area contributed by atoms with Crippen molar-refractivity contribution in [1.82, 2.24) is 4.57 Å². The molecule has 1 aromatic heterocycles. The summed E-state index contributed by atoms with van der Waals surface area (Å²) in [5.74, 6) is 0. The highest BCUT2D eigenvalue weighted by molar-refractivity contribution is 5.80. The largest absolute Gasteiger partial charge is 0.388 e. The van der Waals surface area contributed by atoms with Crippen LogP contribution < -0.4 is 5.73 Å². The SMILES string of the molecule is Cn1ccc2cc([C@@H](O)CCN)ccc21. The third-order valence-electron chi connectivity index (χ3n) is 2.73. The molecular weight excluding hydrogens is 188 g/mol. The van der Waals surface area contributed by atoms with Crippen LogP contribution in [-0.2, 0) is 7.05 Å². The Morgan fingerprint density at radius 3 is 2.93 bits per heavy atom. The number of hydrogen-bond donors (Lipinski definition) is 2. The van der Waals surface area contributed by atoms with Crippen molar-refractivity contribution in [2.45, 2.75) is 12.5 Å². The lowest BCUT2D eigenvalue weighted by Crippen LogP contribution is -2.06. The average Bonchev–Trinajstić information content (AvgIpc) is 2.60. The molecule has 3 N–H and O–H groups in total. The van der Waals surface area contributed by atoms with E-state index in [0.717, 1.165) is 10.9 Å². The third kappa shape index (κ3) is 1.89. The molecule has 15 heavy (non-hydrogen) atoms. The second-order valence-electron chi connectivity index (χ2n) is 3.84. The number of hydrogen-bond acceptors (Lipinski definition) is 2. The highest BCUT2D eigenvalue weighted by Crippen LogP contribution is 2.22. The number of nitrogens with two attached hydrogens (primary N) is 1. The molecule has 0 saturated carbocycles. The van der Waals surface area contributed by atoms with E-state index < -0.39 is 6.10 Å². The Morgan fingerprint density at radius 2 is 2.20 bits per heavy atom. The lowest BCUT2D eigenvalue weighted by atomic mass is 10.0. The number of fused-ring (bicyclic) bond motifs is 1. The maximum atomic E-state index is 9.80. The van der Waals surface area contributed by atoms with Crippen LogP contribution in [0.15, 0.2) is 30.5 Å². The predicted octanol–water partition coefficient (Wildman–Crippen LogP) is 1.56. The standard InChI is InChI=1S/C12H16N2O/c1-14-7-5-9-8-10(2-3-11(9)14)12(15)4-6-13/h2-3,5,7-8,12,15H,4,6,13H2,1H3/t12-/m0/s1. The monoisotopic (exact) mass is 204 g/mol. The first-order valence-electron chi connectivity index (χ1n) is 5.15. The van der Waals surface area contributed by atoms with Gasteiger partial charge in [0.15, 0.2) is 0 Å². The van der Waals surface area contributed by atoms with E-state index in [4.69, 9.17) is 5.73 Å². The van der Waals surface area contributed by atoms with Crippen molar-refractivity contribution in [3.05, 3.63) is 36.0 Å². The van der Waals surface area contributed by atoms with E-state index in [1.807, 2.05) is 37.5 Å². The second-order valence-corrected chi connectivity index (χ2v) is 3.84. The molecule has 0 aliphatic heterocycles. The van der Waals surface area contributed by atoms with E-state index in [0.29, 0.717) is 13.0 Å². The number of benzene rings is 1. The number of aliphatic hydroxyl groups is 1. The van der Waals surface area contributed by atoms with E-state index in [-0.39, 0.29) is 0 Å². The van der Waals surface area contributed by atoms with Crippen molar-refractivity contribution < 1.29 is 5.11 Å². The lowest BCUT2D eigenvalue weighted by molar-refractivity contribution is 0.170. The van der Waals surface area contributed by atoms with Gasteiger partial charge in [-0.1, -0.05) is 6.07 Å². The minimum absolute atomic E-state index is 0.445. The molecule has 1 heterocycles. The molecule has 0 aliphatic carbocycles. The van der Waals surface area contributed by atoms with Gasteiger partial charge in [0.2, 0.25) is 0 Å². The topological polar surface area (TPSA) is 51.2 Å². The molecule has 1 atom stereocenters. The molecule has 0 amide bonds. The van der Waals surface area contributed by atoms with E-state index in [1.54, 1.807) is 0 Å². The Hall–Kier alpha value is -1.32. The molecular formula is C12H16N2O. The highest BCUT2D eigenvalue weighted by Gasteiger charge is 2.07. The van der Waals surface area contributed by atoms with Gasteiger partial charge in [0.1, 0.15) is 0 Å². The average molecular weight is 204 g/mol. The van der Waals surface area contributed by atoms with Crippen molar-refractivity contribution >= 4 is 10.9 Å². The summed E-state index contributed by atoms with van der Waals surface area (Å²) in [7, 11) is 2.01. The molecule has 2 rings (SSSR count). The number of nitrogens with zero attached hydrogens (tertiary/aromatic N) is 1. The first-order valence-corrected chi connectivity index (χ1v) is 5.15. The molecule has 0 spiro atoms. The van der Waals surface area contributed by atoms with Crippen LogP contribution in [0.3, 0.4) is 0 Å². The van der Waals surface area contributed by atoms with Crippen molar-refractivity contribution in [3.63, 3.8) is 0 Å². The zero-order valence-electron chi connectivity index (χ0n) is 8.85. The van der Waals surface area contributed by atoms with Crippen LogP contribution >= 0.6 is 0 Å². The van der Waals surface area contributed by atoms with Gasteiger partial charge in [-0.2, -0.15) is 0 Å². The van der Waals surface area contributed by atoms with Crippen LogP contribution in [0.5, 0.6) is 0 Å². The van der Waals surface area contributed by atoms with Gasteiger partial charge < -0.3 is 15.4 Å². The third-order valence-corrected chi connectivity index (χ3v) is 2.73. The summed E-state index contributed by atoms with van der Waals surface area (Å²) in [4.78, 5) is 0. The zero-order chi connectivity index (χ0) is 10.8. The zero-order valence-corrected chi connectivity index (χ0v) is 8.85. The second kappa shape index (κ2) is 4.04. The first kappa shape index (κ1) is 10.2. The fourth-order valence-corrected chi connectivity index (χ4v) is 1.83. The summed E-state index contributed by atoms with van der Waals surface area (Å²) in [5, 5.41) is 11.0. The van der Waals surface area contributed by atoms with E-state index in [1.165, 1.54) is 5.52 Å². The van der Waals surface area contributed by atoms with Gasteiger partial charge in [-0.25, -0.2) is 0 Å². The quantitative estimate of drug-likeness (QED) is 0.797. The summed E-state index contributed by atoms with van der Waals surface area (Å²) in [6.07, 6.45) is 2.18. The van der Waals surface area contributed by atoms with Crippen LogP contribution in [-0.4, -0.2) is 16.2 Å². The Bertz CT molecular complexity index is 462. The van der Waals surface area contributed by atoms with Crippen LogP contribution in [0.25, 0.3) is 10.9 Å². The van der Waals surface area contributed by atoms with Gasteiger partial charge in [0.05, 0.1) is 6.10 Å². The Labute approximate surface area is 89.1 Å². The minimum atomic E-state index is -0.445. The maximum Gasteiger partial charge on any atom is 0.0802 e. The van der Waals surface area contributed by atoms with E-state index in [9.17, 15) is 5.11 Å². The molecule has 80 valence electrons. The van der Waals surface area contributed by atoms with E-state index >= 15 is 0 Å². The summed E-state index contributed by atoms with van der Waals surface area (Å²) in [6.45, 7) is 0.508. The lowest BCUT2D eigenvalue weighted by Gasteiger charge is -2.09. The molecule has 0 saturated heterocycles. The van der Waals surface area contributed by atoms with Crippen LogP contribution in [0.4, 0.5) is 0 Å². The van der Waals surface area contributed by atoms with E-state index in [2.05, 4.69) is 4.57 Å². The van der Waals surface area contributed by atoms with Gasteiger partial charge in [0.25, 0.3) is 0 Å². The fourth-order valence-electron chi connectivity index (χ4n) is 1.83. The normalized spacial score (nSPS) is 13.3. The first-order chi connectivity index (χ1) is 7.22. The molecule has 2 aromatic rings. The number of rotatable bonds is 3. The van der Waals surface area contributed by atoms with Crippen LogP contribution in [0.2, 0.25) is 0 Å². The van der Waals surface area contributed by atoms with Crippen molar-refractivity contribution in [2.24, 2.45) is 12.8 Å². The molecule has 0 unspecified atom stereocenters. The minimum Gasteiger partial charge on any atom is -0.388 e. The fraction of sp³-hybridized carbons (Fsp3) is 0.333. The van der Waals surface area contributed by atoms with Crippen molar-refractivity contribution in [3.8, 4) is 0 Å². The van der Waals surface area contributed by atoms with Crippen LogP contribution in [0.1, 0.15) is 18.1 Å². The van der Waals surface area contributed by atoms with Crippen molar-refractivity contribution in [2.75, 3.05) is 6.54 Å². The van der Waals surface area contributed by atoms with Gasteiger partial charge in [-0.05, 0) is 42.1 Å². The number of aromatic nitrogens is 1. The number of aliphatic hydroxyl groups excluding tert-OH is 1. The molecule has 0 aliphatic rings. The van der Waals surface area contributed by atoms with Gasteiger partial charge in [0, 0.05) is 18.8 Å². The van der Waals surface area contributed by atoms with Gasteiger partial charge in [-0.15, -0.1) is 0 Å². The molecule has 3 nitrogen and oxygen atoms in total. The van der Waals surface area contributed by atoms with Gasteiger partial charge in [-0.3, -0.25) is 0 Å². The Morgan fingerprint density at radius 1 is 1.40 bits per heavy atom. The molecule has 0 fully saturated rings. The Kier molecular flexibility index (Phi) is 2.75. The van der Waals surface area contributed by atoms with Crippen molar-refractivity contribution in [1.29, 1.82) is 0 Å². The van der Waals surface area contributed by atoms with Crippen LogP contribution in [0, 0.1) is 0 Å². The summed E-state index contributed by atoms with van der Waals surface area (Å²) < 4.78 is 2.06. The molecule has 0 bridgehead atoms. The summed E-state index contributed by atoms with van der Waals surface area (Å²) in [6, 6.07) is 8.07.